The lowest BCUT2D eigenvalue weighted by Crippen LogP contribution is -2.40. The molecule has 0 saturated carbocycles. The first-order chi connectivity index (χ1) is 13.0. The fraction of sp³-hybridized carbons (Fsp3) is 0.381. The maximum Gasteiger partial charge on any atom is 0.317 e. The molecule has 2 rings (SSSR count). The summed E-state index contributed by atoms with van der Waals surface area (Å²) in [5.74, 6) is 2.23. The van der Waals surface area contributed by atoms with Crippen molar-refractivity contribution in [1.82, 2.24) is 10.2 Å². The molecular weight excluding hydrogens is 344 g/mol. The van der Waals surface area contributed by atoms with E-state index in [9.17, 15) is 4.79 Å². The molecular formula is C21H28N2O4. The van der Waals surface area contributed by atoms with Gasteiger partial charge in [-0.05, 0) is 42.7 Å². The van der Waals surface area contributed by atoms with E-state index in [2.05, 4.69) is 5.32 Å². The van der Waals surface area contributed by atoms with E-state index in [4.69, 9.17) is 14.2 Å². The van der Waals surface area contributed by atoms with Gasteiger partial charge in [-0.2, -0.15) is 0 Å². The number of carbonyl (C=O) groups excluding carboxylic acids is 1. The van der Waals surface area contributed by atoms with Crippen LogP contribution < -0.4 is 19.5 Å². The molecule has 0 aliphatic rings. The van der Waals surface area contributed by atoms with E-state index >= 15 is 0 Å². The van der Waals surface area contributed by atoms with Crippen LogP contribution in [0.15, 0.2) is 42.5 Å². The number of carbonyl (C=O) groups is 1. The summed E-state index contributed by atoms with van der Waals surface area (Å²) in [6.07, 6.45) is 0.726. The summed E-state index contributed by atoms with van der Waals surface area (Å²) >= 11 is 0. The van der Waals surface area contributed by atoms with Crippen molar-refractivity contribution in [3.05, 3.63) is 53.6 Å². The van der Waals surface area contributed by atoms with Crippen LogP contribution in [0.5, 0.6) is 17.2 Å². The lowest BCUT2D eigenvalue weighted by atomic mass is 10.1. The van der Waals surface area contributed by atoms with Crippen molar-refractivity contribution in [3.63, 3.8) is 0 Å². The molecule has 146 valence electrons. The summed E-state index contributed by atoms with van der Waals surface area (Å²) in [6.45, 7) is 3.48. The highest BCUT2D eigenvalue weighted by Crippen LogP contribution is 2.27. The van der Waals surface area contributed by atoms with Crippen molar-refractivity contribution in [2.24, 2.45) is 0 Å². The average Bonchev–Trinajstić information content (AvgIpc) is 2.70. The van der Waals surface area contributed by atoms with Crippen LogP contribution >= 0.6 is 0 Å². The zero-order chi connectivity index (χ0) is 19.6. The second kappa shape index (κ2) is 10.3. The first kappa shape index (κ1) is 20.4. The van der Waals surface area contributed by atoms with Crippen LogP contribution in [0.1, 0.15) is 11.1 Å². The third-order valence-corrected chi connectivity index (χ3v) is 4.26. The topological polar surface area (TPSA) is 60.0 Å². The molecule has 6 heteroatoms. The number of nitrogens with zero attached hydrogens (tertiary/aromatic N) is 1. The summed E-state index contributed by atoms with van der Waals surface area (Å²) in [7, 11) is 5.00. The number of likely N-dealkylation sites (N-methyl/N-ethyl adjacent to an activating group) is 1. The van der Waals surface area contributed by atoms with E-state index in [0.29, 0.717) is 31.2 Å². The highest BCUT2D eigenvalue weighted by Gasteiger charge is 2.10. The lowest BCUT2D eigenvalue weighted by Gasteiger charge is -2.18. The molecule has 0 aliphatic heterocycles. The van der Waals surface area contributed by atoms with Crippen LogP contribution in [0.4, 0.5) is 4.79 Å². The molecule has 0 aliphatic carbocycles. The van der Waals surface area contributed by atoms with Crippen LogP contribution in [-0.4, -0.2) is 51.9 Å². The van der Waals surface area contributed by atoms with Gasteiger partial charge in [0.05, 0.1) is 20.8 Å². The third kappa shape index (κ3) is 6.09. The zero-order valence-electron chi connectivity index (χ0n) is 16.5. The van der Waals surface area contributed by atoms with Gasteiger partial charge in [-0.25, -0.2) is 4.79 Å². The van der Waals surface area contributed by atoms with Gasteiger partial charge in [-0.15, -0.1) is 0 Å². The molecule has 0 radical (unpaired) electrons. The Morgan fingerprint density at radius 1 is 1.04 bits per heavy atom. The van der Waals surface area contributed by atoms with E-state index in [0.717, 1.165) is 23.3 Å². The van der Waals surface area contributed by atoms with Gasteiger partial charge in [0, 0.05) is 13.6 Å². The van der Waals surface area contributed by atoms with Gasteiger partial charge in [0.2, 0.25) is 0 Å². The maximum absolute atomic E-state index is 12.2. The molecule has 2 amide bonds. The number of para-hydroxylation sites is 1. The SMILES string of the molecule is COc1ccc(CCN(C)C(=O)NCCOc2ccccc2C)cc1OC. The van der Waals surface area contributed by atoms with Crippen LogP contribution in [0.2, 0.25) is 0 Å². The van der Waals surface area contributed by atoms with E-state index in [1.807, 2.05) is 49.4 Å². The Morgan fingerprint density at radius 3 is 2.48 bits per heavy atom. The van der Waals surface area contributed by atoms with Crippen LogP contribution in [-0.2, 0) is 6.42 Å². The highest BCUT2D eigenvalue weighted by atomic mass is 16.5. The van der Waals surface area contributed by atoms with E-state index in [1.165, 1.54) is 0 Å². The second-order valence-corrected chi connectivity index (χ2v) is 6.21. The summed E-state index contributed by atoms with van der Waals surface area (Å²) < 4.78 is 16.2. The van der Waals surface area contributed by atoms with Crippen LogP contribution in [0.25, 0.3) is 0 Å². The Hall–Kier alpha value is -2.89. The molecule has 6 nitrogen and oxygen atoms in total. The molecule has 1 N–H and O–H groups in total. The van der Waals surface area contributed by atoms with Crippen molar-refractivity contribution in [1.29, 1.82) is 0 Å². The minimum absolute atomic E-state index is 0.121. The number of aryl methyl sites for hydroxylation is 1. The van der Waals surface area contributed by atoms with E-state index in [1.54, 1.807) is 26.2 Å². The number of methoxy groups -OCH3 is 2. The molecule has 0 bridgehead atoms. The first-order valence-corrected chi connectivity index (χ1v) is 8.93. The molecule has 0 saturated heterocycles. The normalized spacial score (nSPS) is 10.2. The Kier molecular flexibility index (Phi) is 7.79. The predicted molar refractivity (Wildman–Crippen MR) is 106 cm³/mol. The molecule has 0 heterocycles. The number of benzene rings is 2. The molecule has 0 unspecified atom stereocenters. The van der Waals surface area contributed by atoms with Crippen molar-refractivity contribution in [3.8, 4) is 17.2 Å². The monoisotopic (exact) mass is 372 g/mol. The Balaban J connectivity index is 1.73. The second-order valence-electron chi connectivity index (χ2n) is 6.21. The molecule has 0 spiro atoms. The van der Waals surface area contributed by atoms with E-state index < -0.39 is 0 Å². The van der Waals surface area contributed by atoms with Crippen molar-refractivity contribution < 1.29 is 19.0 Å². The van der Waals surface area contributed by atoms with E-state index in [-0.39, 0.29) is 6.03 Å². The van der Waals surface area contributed by atoms with Gasteiger partial charge in [0.15, 0.2) is 11.5 Å². The lowest BCUT2D eigenvalue weighted by molar-refractivity contribution is 0.206. The van der Waals surface area contributed by atoms with Gasteiger partial charge in [-0.1, -0.05) is 24.3 Å². The number of ether oxygens (including phenoxy) is 3. The number of amides is 2. The summed E-state index contributed by atoms with van der Waals surface area (Å²) in [6, 6.07) is 13.5. The zero-order valence-corrected chi connectivity index (χ0v) is 16.5. The third-order valence-electron chi connectivity index (χ3n) is 4.26. The summed E-state index contributed by atoms with van der Waals surface area (Å²) in [5.41, 5.74) is 2.16. The number of nitrogens with one attached hydrogen (secondary N) is 1. The van der Waals surface area contributed by atoms with Crippen molar-refractivity contribution in [2.75, 3.05) is 41.0 Å². The fourth-order valence-electron chi connectivity index (χ4n) is 2.61. The minimum atomic E-state index is -0.121. The number of hydrogen-bond donors (Lipinski definition) is 1. The van der Waals surface area contributed by atoms with Gasteiger partial charge in [-0.3, -0.25) is 0 Å². The van der Waals surface area contributed by atoms with Gasteiger partial charge in [0.1, 0.15) is 12.4 Å². The minimum Gasteiger partial charge on any atom is -0.493 e. The Bertz CT molecular complexity index is 749. The average molecular weight is 372 g/mol. The maximum atomic E-state index is 12.2. The van der Waals surface area contributed by atoms with Crippen molar-refractivity contribution >= 4 is 6.03 Å². The van der Waals surface area contributed by atoms with Gasteiger partial charge >= 0.3 is 6.03 Å². The molecule has 2 aromatic rings. The Labute approximate surface area is 161 Å². The number of hydrogen-bond acceptors (Lipinski definition) is 4. The summed E-state index contributed by atoms with van der Waals surface area (Å²) in [5, 5.41) is 2.87. The van der Waals surface area contributed by atoms with Crippen molar-refractivity contribution in [2.45, 2.75) is 13.3 Å². The number of urea groups is 1. The van der Waals surface area contributed by atoms with Crippen LogP contribution in [0.3, 0.4) is 0 Å². The molecule has 0 atom stereocenters. The standard InChI is InChI=1S/C21H28N2O4/c1-16-7-5-6-8-18(16)27-14-12-22-21(24)23(2)13-11-17-9-10-19(25-3)20(15-17)26-4/h5-10,15H,11-14H2,1-4H3,(H,22,24). The predicted octanol–water partition coefficient (Wildman–Crippen LogP) is 3.28. The molecule has 0 aromatic heterocycles. The van der Waals surface area contributed by atoms with Gasteiger partial charge < -0.3 is 24.4 Å². The largest absolute Gasteiger partial charge is 0.493 e. The van der Waals surface area contributed by atoms with Gasteiger partial charge in [0.25, 0.3) is 0 Å². The number of rotatable bonds is 9. The quantitative estimate of drug-likeness (QED) is 0.687. The smallest absolute Gasteiger partial charge is 0.317 e. The summed E-state index contributed by atoms with van der Waals surface area (Å²) in [4.78, 5) is 13.8. The molecule has 27 heavy (non-hydrogen) atoms. The molecule has 2 aromatic carbocycles. The molecule has 0 fully saturated rings. The van der Waals surface area contributed by atoms with Crippen LogP contribution in [0, 0.1) is 6.92 Å². The highest BCUT2D eigenvalue weighted by molar-refractivity contribution is 5.73. The first-order valence-electron chi connectivity index (χ1n) is 8.93. The fourth-order valence-corrected chi connectivity index (χ4v) is 2.61. The Morgan fingerprint density at radius 2 is 1.78 bits per heavy atom.